The van der Waals surface area contributed by atoms with E-state index in [1.54, 1.807) is 0 Å². The molecule has 2 aliphatic heterocycles. The van der Waals surface area contributed by atoms with E-state index in [2.05, 4.69) is 71.7 Å². The van der Waals surface area contributed by atoms with Crippen LogP contribution in [0.1, 0.15) is 24.0 Å². The van der Waals surface area contributed by atoms with Gasteiger partial charge in [-0.25, -0.2) is 0 Å². The number of thioether (sulfide) groups is 1. The van der Waals surface area contributed by atoms with Crippen molar-refractivity contribution in [1.82, 2.24) is 0 Å². The highest BCUT2D eigenvalue weighted by Crippen LogP contribution is 2.44. The molecule has 1 spiro atoms. The topological polar surface area (TPSA) is 24.4 Å². The van der Waals surface area contributed by atoms with Crippen molar-refractivity contribution in [3.63, 3.8) is 0 Å². The highest BCUT2D eigenvalue weighted by Gasteiger charge is 2.41. The van der Waals surface area contributed by atoms with Crippen molar-refractivity contribution in [2.24, 2.45) is 10.4 Å². The molecule has 2 nitrogen and oxygen atoms in total. The summed E-state index contributed by atoms with van der Waals surface area (Å²) in [7, 11) is 0. The first-order chi connectivity index (χ1) is 11.4. The van der Waals surface area contributed by atoms with E-state index >= 15 is 0 Å². The third-order valence-electron chi connectivity index (χ3n) is 5.01. The molecule has 0 aliphatic carbocycles. The normalized spacial score (nSPS) is 21.0. The molecular formula is C20H22N2S. The van der Waals surface area contributed by atoms with E-state index in [1.807, 2.05) is 0 Å². The van der Waals surface area contributed by atoms with E-state index in [9.17, 15) is 0 Å². The van der Waals surface area contributed by atoms with E-state index in [0.29, 0.717) is 0 Å². The maximum atomic E-state index is 5.03. The number of hydrogen-bond donors (Lipinski definition) is 1. The van der Waals surface area contributed by atoms with Crippen molar-refractivity contribution in [3.05, 3.63) is 65.7 Å². The molecule has 0 amide bonds. The van der Waals surface area contributed by atoms with Gasteiger partial charge in [-0.05, 0) is 48.0 Å². The van der Waals surface area contributed by atoms with Gasteiger partial charge < -0.3 is 5.32 Å². The van der Waals surface area contributed by atoms with Gasteiger partial charge in [-0.2, -0.15) is 11.8 Å². The number of para-hydroxylation sites is 1. The number of hydrogen-bond acceptors (Lipinski definition) is 2. The maximum Gasteiger partial charge on any atom is 0.108 e. The van der Waals surface area contributed by atoms with Gasteiger partial charge in [0.2, 0.25) is 0 Å². The Morgan fingerprint density at radius 2 is 1.70 bits per heavy atom. The third kappa shape index (κ3) is 3.02. The Hall–Kier alpha value is -1.74. The molecule has 0 radical (unpaired) electrons. The van der Waals surface area contributed by atoms with Crippen LogP contribution in [0.2, 0.25) is 0 Å². The Balaban J connectivity index is 1.67. The highest BCUT2D eigenvalue weighted by atomic mass is 32.2. The average molecular weight is 322 g/mol. The van der Waals surface area contributed by atoms with Crippen LogP contribution in [0.25, 0.3) is 0 Å². The van der Waals surface area contributed by atoms with Crippen LogP contribution < -0.4 is 5.32 Å². The minimum atomic E-state index is 0.217. The second-order valence-electron chi connectivity index (χ2n) is 6.50. The fraction of sp³-hybridized carbons (Fsp3) is 0.350. The Kier molecular flexibility index (Phi) is 4.13. The molecule has 1 saturated heterocycles. The van der Waals surface area contributed by atoms with Crippen LogP contribution in [0, 0.1) is 5.41 Å². The zero-order valence-corrected chi connectivity index (χ0v) is 14.1. The summed E-state index contributed by atoms with van der Waals surface area (Å²) in [5.74, 6) is 3.70. The lowest BCUT2D eigenvalue weighted by Gasteiger charge is -2.42. The second kappa shape index (κ2) is 6.40. The standard InChI is InChI=1S/C20H22N2S/c1-2-6-16(7-3-1)15-21-19-20(10-12-23-13-11-20)14-17-8-4-5-9-18(17)22-19/h1-9H,10-15H2,(H,21,22). The Labute approximate surface area is 142 Å². The summed E-state index contributed by atoms with van der Waals surface area (Å²) < 4.78 is 0. The van der Waals surface area contributed by atoms with Crippen LogP contribution in [0.5, 0.6) is 0 Å². The van der Waals surface area contributed by atoms with Crippen LogP contribution in [0.3, 0.4) is 0 Å². The van der Waals surface area contributed by atoms with Gasteiger partial charge in [0.25, 0.3) is 0 Å². The summed E-state index contributed by atoms with van der Waals surface area (Å²) in [6.45, 7) is 0.764. The first-order valence-corrected chi connectivity index (χ1v) is 9.53. The van der Waals surface area contributed by atoms with Gasteiger partial charge in [0, 0.05) is 11.1 Å². The summed E-state index contributed by atoms with van der Waals surface area (Å²) in [6, 6.07) is 19.3. The number of amidine groups is 1. The third-order valence-corrected chi connectivity index (χ3v) is 6.00. The molecule has 1 fully saturated rings. The largest absolute Gasteiger partial charge is 0.343 e. The predicted octanol–water partition coefficient (Wildman–Crippen LogP) is 4.77. The molecule has 2 aliphatic rings. The van der Waals surface area contributed by atoms with Crippen molar-refractivity contribution in [2.75, 3.05) is 16.8 Å². The zero-order chi connectivity index (χ0) is 15.5. The predicted molar refractivity (Wildman–Crippen MR) is 100 cm³/mol. The van der Waals surface area contributed by atoms with Crippen LogP contribution in [-0.4, -0.2) is 17.3 Å². The fourth-order valence-corrected chi connectivity index (χ4v) is 4.92. The number of rotatable bonds is 2. The van der Waals surface area contributed by atoms with Gasteiger partial charge in [0.05, 0.1) is 6.54 Å². The van der Waals surface area contributed by atoms with Crippen LogP contribution in [-0.2, 0) is 13.0 Å². The Morgan fingerprint density at radius 1 is 0.957 bits per heavy atom. The summed E-state index contributed by atoms with van der Waals surface area (Å²) in [5.41, 5.74) is 4.18. The number of nitrogens with one attached hydrogen (secondary N) is 1. The number of nitrogens with zero attached hydrogens (tertiary/aromatic N) is 1. The minimum Gasteiger partial charge on any atom is -0.343 e. The van der Waals surface area contributed by atoms with Crippen molar-refractivity contribution in [1.29, 1.82) is 0 Å². The van der Waals surface area contributed by atoms with E-state index in [4.69, 9.17) is 4.99 Å². The summed E-state index contributed by atoms with van der Waals surface area (Å²) >= 11 is 2.08. The number of fused-ring (bicyclic) bond motifs is 1. The summed E-state index contributed by atoms with van der Waals surface area (Å²) in [4.78, 5) is 5.03. The molecule has 118 valence electrons. The molecular weight excluding hydrogens is 300 g/mol. The molecule has 2 aromatic rings. The first kappa shape index (κ1) is 14.8. The molecule has 0 atom stereocenters. The van der Waals surface area contributed by atoms with Crippen LogP contribution in [0.15, 0.2) is 59.6 Å². The summed E-state index contributed by atoms with van der Waals surface area (Å²) in [5, 5.41) is 3.67. The number of aliphatic imine (C=N–C) groups is 1. The lowest BCUT2D eigenvalue weighted by atomic mass is 9.73. The molecule has 2 heterocycles. The Bertz CT molecular complexity index is 703. The molecule has 0 bridgehead atoms. The lowest BCUT2D eigenvalue weighted by molar-refractivity contribution is 0.377. The monoisotopic (exact) mass is 322 g/mol. The van der Waals surface area contributed by atoms with Crippen LogP contribution in [0.4, 0.5) is 5.69 Å². The van der Waals surface area contributed by atoms with Crippen LogP contribution >= 0.6 is 11.8 Å². The minimum absolute atomic E-state index is 0.217. The van der Waals surface area contributed by atoms with Crippen molar-refractivity contribution in [3.8, 4) is 0 Å². The molecule has 0 saturated carbocycles. The van der Waals surface area contributed by atoms with Gasteiger partial charge in [0.15, 0.2) is 0 Å². The Morgan fingerprint density at radius 3 is 2.52 bits per heavy atom. The van der Waals surface area contributed by atoms with Crippen molar-refractivity contribution < 1.29 is 0 Å². The van der Waals surface area contributed by atoms with Crippen molar-refractivity contribution >= 4 is 23.3 Å². The van der Waals surface area contributed by atoms with E-state index in [1.165, 1.54) is 47.0 Å². The summed E-state index contributed by atoms with van der Waals surface area (Å²) in [6.07, 6.45) is 3.59. The fourth-order valence-electron chi connectivity index (χ4n) is 3.64. The van der Waals surface area contributed by atoms with Gasteiger partial charge in [0.1, 0.15) is 5.84 Å². The molecule has 2 aromatic carbocycles. The van der Waals surface area contributed by atoms with Gasteiger partial charge in [-0.3, -0.25) is 4.99 Å². The first-order valence-electron chi connectivity index (χ1n) is 8.37. The van der Waals surface area contributed by atoms with Gasteiger partial charge in [-0.15, -0.1) is 0 Å². The highest BCUT2D eigenvalue weighted by molar-refractivity contribution is 7.99. The smallest absolute Gasteiger partial charge is 0.108 e. The molecule has 3 heteroatoms. The zero-order valence-electron chi connectivity index (χ0n) is 13.3. The average Bonchev–Trinajstić information content (AvgIpc) is 2.61. The quantitative estimate of drug-likeness (QED) is 0.861. The second-order valence-corrected chi connectivity index (χ2v) is 7.73. The molecule has 0 aromatic heterocycles. The van der Waals surface area contributed by atoms with Crippen molar-refractivity contribution in [2.45, 2.75) is 25.8 Å². The molecule has 23 heavy (non-hydrogen) atoms. The van der Waals surface area contributed by atoms with E-state index in [0.717, 1.165) is 13.0 Å². The maximum absolute atomic E-state index is 5.03. The SMILES string of the molecule is c1ccc(CN=C2Nc3ccccc3CC23CCSCC3)cc1. The van der Waals surface area contributed by atoms with Gasteiger partial charge in [-0.1, -0.05) is 48.5 Å². The molecule has 1 N–H and O–H groups in total. The van der Waals surface area contributed by atoms with E-state index < -0.39 is 0 Å². The van der Waals surface area contributed by atoms with E-state index in [-0.39, 0.29) is 5.41 Å². The number of benzene rings is 2. The molecule has 4 rings (SSSR count). The lowest BCUT2D eigenvalue weighted by Crippen LogP contribution is -2.44. The number of anilines is 1. The molecule has 0 unspecified atom stereocenters. The van der Waals surface area contributed by atoms with Gasteiger partial charge >= 0.3 is 0 Å².